The number of hydrogen-bond donors (Lipinski definition) is 0. The number of thiazole rings is 1. The number of hydrogen-bond acceptors (Lipinski definition) is 6. The largest absolute Gasteiger partial charge is 0.381 e. The number of rotatable bonds is 3. The van der Waals surface area contributed by atoms with Crippen molar-refractivity contribution >= 4 is 11.3 Å². The van der Waals surface area contributed by atoms with Crippen LogP contribution in [0.15, 0.2) is 4.52 Å². The van der Waals surface area contributed by atoms with E-state index in [1.807, 2.05) is 6.92 Å². The maximum absolute atomic E-state index is 5.36. The van der Waals surface area contributed by atoms with E-state index in [9.17, 15) is 0 Å². The molecule has 2 aromatic heterocycles. The summed E-state index contributed by atoms with van der Waals surface area (Å²) in [7, 11) is 0. The van der Waals surface area contributed by atoms with Gasteiger partial charge >= 0.3 is 0 Å². The van der Waals surface area contributed by atoms with Crippen molar-refractivity contribution in [2.45, 2.75) is 32.6 Å². The average molecular weight is 265 g/mol. The molecule has 18 heavy (non-hydrogen) atoms. The van der Waals surface area contributed by atoms with E-state index in [1.54, 1.807) is 11.3 Å². The van der Waals surface area contributed by atoms with Crippen molar-refractivity contribution in [1.29, 1.82) is 0 Å². The molecular formula is C12H15N3O2S. The van der Waals surface area contributed by atoms with Crippen LogP contribution < -0.4 is 0 Å². The van der Waals surface area contributed by atoms with Crippen LogP contribution in [0.25, 0.3) is 10.8 Å². The summed E-state index contributed by atoms with van der Waals surface area (Å²) in [6.07, 6.45) is 1.91. The normalized spacial score (nSPS) is 19.6. The van der Waals surface area contributed by atoms with Gasteiger partial charge in [-0.2, -0.15) is 4.98 Å². The maximum Gasteiger partial charge on any atom is 0.269 e. The van der Waals surface area contributed by atoms with Gasteiger partial charge in [-0.15, -0.1) is 11.3 Å². The van der Waals surface area contributed by atoms with E-state index in [0.717, 1.165) is 40.9 Å². The third-order valence-electron chi connectivity index (χ3n) is 3.07. The van der Waals surface area contributed by atoms with Crippen LogP contribution in [-0.4, -0.2) is 28.3 Å². The van der Waals surface area contributed by atoms with Gasteiger partial charge in [0.25, 0.3) is 5.89 Å². The van der Waals surface area contributed by atoms with Crippen molar-refractivity contribution in [3.05, 3.63) is 16.5 Å². The third-order valence-corrected chi connectivity index (χ3v) is 4.36. The zero-order chi connectivity index (χ0) is 12.5. The zero-order valence-corrected chi connectivity index (χ0v) is 11.3. The molecule has 0 aromatic carbocycles. The van der Waals surface area contributed by atoms with E-state index >= 15 is 0 Å². The molecule has 0 unspecified atom stereocenters. The number of aryl methyl sites for hydroxylation is 2. The Morgan fingerprint density at radius 3 is 2.94 bits per heavy atom. The molecule has 1 aliphatic rings. The van der Waals surface area contributed by atoms with Crippen LogP contribution in [0.2, 0.25) is 0 Å². The van der Waals surface area contributed by atoms with Crippen LogP contribution in [0, 0.1) is 6.92 Å². The monoisotopic (exact) mass is 265 g/mol. The minimum Gasteiger partial charge on any atom is -0.381 e. The minimum absolute atomic E-state index is 0.279. The van der Waals surface area contributed by atoms with Crippen molar-refractivity contribution in [3.63, 3.8) is 0 Å². The molecule has 5 nitrogen and oxygen atoms in total. The van der Waals surface area contributed by atoms with Gasteiger partial charge in [0.15, 0.2) is 5.82 Å². The Bertz CT molecular complexity index is 543. The topological polar surface area (TPSA) is 61.0 Å². The predicted octanol–water partition coefficient (Wildman–Crippen LogP) is 2.57. The lowest BCUT2D eigenvalue weighted by atomic mass is 10.1. The SMILES string of the molecule is CCc1nc(C)c(-c2nc([C@H]3CCOC3)no2)s1. The summed E-state index contributed by atoms with van der Waals surface area (Å²) in [5, 5.41) is 5.17. The molecule has 0 radical (unpaired) electrons. The Kier molecular flexibility index (Phi) is 3.13. The fraction of sp³-hybridized carbons (Fsp3) is 0.583. The summed E-state index contributed by atoms with van der Waals surface area (Å²) in [6.45, 7) is 5.56. The maximum atomic E-state index is 5.36. The molecule has 3 rings (SSSR count). The molecule has 0 bridgehead atoms. The van der Waals surface area contributed by atoms with Crippen LogP contribution in [0.1, 0.15) is 35.8 Å². The third kappa shape index (κ3) is 2.06. The first-order valence-corrected chi connectivity index (χ1v) is 6.97. The molecule has 1 fully saturated rings. The highest BCUT2D eigenvalue weighted by Gasteiger charge is 2.24. The highest BCUT2D eigenvalue weighted by molar-refractivity contribution is 7.15. The Morgan fingerprint density at radius 2 is 2.28 bits per heavy atom. The smallest absolute Gasteiger partial charge is 0.269 e. The van der Waals surface area contributed by atoms with Gasteiger partial charge in [0.05, 0.1) is 17.3 Å². The van der Waals surface area contributed by atoms with Gasteiger partial charge in [-0.25, -0.2) is 4.98 Å². The fourth-order valence-corrected chi connectivity index (χ4v) is 2.96. The lowest BCUT2D eigenvalue weighted by Gasteiger charge is -1.97. The van der Waals surface area contributed by atoms with Gasteiger partial charge in [-0.3, -0.25) is 0 Å². The second-order valence-corrected chi connectivity index (χ2v) is 5.48. The Balaban J connectivity index is 1.89. The first kappa shape index (κ1) is 11.8. The molecule has 0 spiro atoms. The molecule has 2 aromatic rings. The predicted molar refractivity (Wildman–Crippen MR) is 67.7 cm³/mol. The van der Waals surface area contributed by atoms with Crippen molar-refractivity contribution in [2.24, 2.45) is 0 Å². The molecule has 0 saturated carbocycles. The van der Waals surface area contributed by atoms with Crippen molar-refractivity contribution in [2.75, 3.05) is 13.2 Å². The number of nitrogens with zero attached hydrogens (tertiary/aromatic N) is 3. The van der Waals surface area contributed by atoms with Gasteiger partial charge in [-0.05, 0) is 19.8 Å². The molecule has 6 heteroatoms. The van der Waals surface area contributed by atoms with Gasteiger partial charge in [0.1, 0.15) is 4.88 Å². The van der Waals surface area contributed by atoms with Gasteiger partial charge in [-0.1, -0.05) is 12.1 Å². The summed E-state index contributed by atoms with van der Waals surface area (Å²) >= 11 is 1.63. The summed E-state index contributed by atoms with van der Waals surface area (Å²) < 4.78 is 10.7. The molecule has 0 aliphatic carbocycles. The highest BCUT2D eigenvalue weighted by atomic mass is 32.1. The second kappa shape index (κ2) is 4.78. The van der Waals surface area contributed by atoms with Gasteiger partial charge < -0.3 is 9.26 Å². The summed E-state index contributed by atoms with van der Waals surface area (Å²) in [5.41, 5.74) is 0.967. The number of aromatic nitrogens is 3. The van der Waals surface area contributed by atoms with E-state index in [0.29, 0.717) is 12.5 Å². The average Bonchev–Trinajstić information content (AvgIpc) is 3.08. The molecule has 0 N–H and O–H groups in total. The summed E-state index contributed by atoms with van der Waals surface area (Å²) in [4.78, 5) is 9.95. The molecule has 3 heterocycles. The quantitative estimate of drug-likeness (QED) is 0.853. The highest BCUT2D eigenvalue weighted by Crippen LogP contribution is 2.31. The minimum atomic E-state index is 0.279. The van der Waals surface area contributed by atoms with Crippen molar-refractivity contribution in [3.8, 4) is 10.8 Å². The first-order chi connectivity index (χ1) is 8.78. The van der Waals surface area contributed by atoms with E-state index in [4.69, 9.17) is 9.26 Å². The molecular weight excluding hydrogens is 250 g/mol. The fourth-order valence-electron chi connectivity index (χ4n) is 2.03. The van der Waals surface area contributed by atoms with Gasteiger partial charge in [0, 0.05) is 12.5 Å². The van der Waals surface area contributed by atoms with E-state index in [-0.39, 0.29) is 5.92 Å². The van der Waals surface area contributed by atoms with Crippen molar-refractivity contribution in [1.82, 2.24) is 15.1 Å². The van der Waals surface area contributed by atoms with Crippen LogP contribution >= 0.6 is 11.3 Å². The van der Waals surface area contributed by atoms with Crippen molar-refractivity contribution < 1.29 is 9.26 Å². The molecule has 96 valence electrons. The lowest BCUT2D eigenvalue weighted by Crippen LogP contribution is -1.99. The first-order valence-electron chi connectivity index (χ1n) is 6.16. The standard InChI is InChI=1S/C12H15N3O2S/c1-3-9-13-7(2)10(18-9)12-14-11(15-17-12)8-4-5-16-6-8/h8H,3-6H2,1-2H3/t8-/m0/s1. The lowest BCUT2D eigenvalue weighted by molar-refractivity contribution is 0.192. The zero-order valence-electron chi connectivity index (χ0n) is 10.5. The van der Waals surface area contributed by atoms with Crippen LogP contribution in [0.4, 0.5) is 0 Å². The second-order valence-electron chi connectivity index (χ2n) is 4.39. The van der Waals surface area contributed by atoms with E-state index in [2.05, 4.69) is 22.0 Å². The van der Waals surface area contributed by atoms with Crippen LogP contribution in [-0.2, 0) is 11.2 Å². The van der Waals surface area contributed by atoms with Crippen LogP contribution in [0.5, 0.6) is 0 Å². The summed E-state index contributed by atoms with van der Waals surface area (Å²) in [5.74, 6) is 1.63. The Hall–Kier alpha value is -1.27. The molecule has 1 aliphatic heterocycles. The van der Waals surface area contributed by atoms with E-state index in [1.165, 1.54) is 0 Å². The molecule has 1 saturated heterocycles. The van der Waals surface area contributed by atoms with Crippen LogP contribution in [0.3, 0.4) is 0 Å². The molecule has 1 atom stereocenters. The van der Waals surface area contributed by atoms with Gasteiger partial charge in [0.2, 0.25) is 0 Å². The Morgan fingerprint density at radius 1 is 1.39 bits per heavy atom. The Labute approximate surface area is 109 Å². The van der Waals surface area contributed by atoms with E-state index < -0.39 is 0 Å². The molecule has 0 amide bonds. The summed E-state index contributed by atoms with van der Waals surface area (Å²) in [6, 6.07) is 0. The number of ether oxygens (including phenoxy) is 1.